The molecule has 30 heavy (non-hydrogen) atoms. The Labute approximate surface area is 185 Å². The molecule has 0 aliphatic heterocycles. The fourth-order valence-corrected chi connectivity index (χ4v) is 4.70. The lowest BCUT2D eigenvalue weighted by Gasteiger charge is -2.10. The number of sulfonamides is 1. The van der Waals surface area contributed by atoms with Gasteiger partial charge in [0.2, 0.25) is 0 Å². The predicted octanol–water partition coefficient (Wildman–Crippen LogP) is 5.62. The Morgan fingerprint density at radius 3 is 2.40 bits per heavy atom. The van der Waals surface area contributed by atoms with Crippen LogP contribution in [0.1, 0.15) is 16.7 Å². The molecule has 1 aromatic heterocycles. The summed E-state index contributed by atoms with van der Waals surface area (Å²) in [5.41, 5.74) is 4.75. The third-order valence-electron chi connectivity index (χ3n) is 5.02. The Morgan fingerprint density at radius 1 is 1.00 bits per heavy atom. The SMILES string of the molecule is Cc1ccc(S(=O)(=O)N/C=C(/c2ccccc2)c2cn(C)c3ccc(Br)cc23)cc1. The summed E-state index contributed by atoms with van der Waals surface area (Å²) >= 11 is 3.55. The van der Waals surface area contributed by atoms with E-state index in [9.17, 15) is 8.42 Å². The Bertz CT molecular complexity index is 1340. The minimum Gasteiger partial charge on any atom is -0.350 e. The number of nitrogens with zero attached hydrogens (tertiary/aromatic N) is 1. The molecular formula is C24H21BrN2O2S. The first-order valence-corrected chi connectivity index (χ1v) is 11.7. The van der Waals surface area contributed by atoms with Crippen molar-refractivity contribution in [1.29, 1.82) is 0 Å². The number of benzene rings is 3. The smallest absolute Gasteiger partial charge is 0.261 e. The number of hydrogen-bond acceptors (Lipinski definition) is 2. The maximum Gasteiger partial charge on any atom is 0.261 e. The van der Waals surface area contributed by atoms with Crippen molar-refractivity contribution < 1.29 is 8.42 Å². The van der Waals surface area contributed by atoms with E-state index in [0.717, 1.165) is 37.6 Å². The van der Waals surface area contributed by atoms with E-state index in [-0.39, 0.29) is 4.90 Å². The first kappa shape index (κ1) is 20.4. The molecular weight excluding hydrogens is 460 g/mol. The number of halogens is 1. The molecule has 0 fully saturated rings. The van der Waals surface area contributed by atoms with Gasteiger partial charge in [-0.3, -0.25) is 4.72 Å². The summed E-state index contributed by atoms with van der Waals surface area (Å²) in [6, 6.07) is 22.7. The van der Waals surface area contributed by atoms with Crippen molar-refractivity contribution in [1.82, 2.24) is 9.29 Å². The van der Waals surface area contributed by atoms with Gasteiger partial charge in [0.25, 0.3) is 10.0 Å². The quantitative estimate of drug-likeness (QED) is 0.403. The Morgan fingerprint density at radius 2 is 1.70 bits per heavy atom. The summed E-state index contributed by atoms with van der Waals surface area (Å²) in [6.07, 6.45) is 3.61. The van der Waals surface area contributed by atoms with Gasteiger partial charge in [0.1, 0.15) is 0 Å². The normalized spacial score (nSPS) is 12.3. The van der Waals surface area contributed by atoms with Crippen molar-refractivity contribution in [2.75, 3.05) is 0 Å². The second-order valence-electron chi connectivity index (χ2n) is 7.17. The molecule has 0 unspecified atom stereocenters. The maximum atomic E-state index is 12.9. The van der Waals surface area contributed by atoms with Gasteiger partial charge in [-0.1, -0.05) is 64.0 Å². The molecule has 6 heteroatoms. The Balaban J connectivity index is 1.84. The van der Waals surface area contributed by atoms with Crippen molar-refractivity contribution in [3.05, 3.63) is 106 Å². The highest BCUT2D eigenvalue weighted by Crippen LogP contribution is 2.32. The monoisotopic (exact) mass is 480 g/mol. The summed E-state index contributed by atoms with van der Waals surface area (Å²) in [7, 11) is -1.70. The van der Waals surface area contributed by atoms with Gasteiger partial charge in [0.05, 0.1) is 4.90 Å². The molecule has 1 N–H and O–H groups in total. The second-order valence-corrected chi connectivity index (χ2v) is 9.80. The van der Waals surface area contributed by atoms with Crippen LogP contribution in [0.5, 0.6) is 0 Å². The lowest BCUT2D eigenvalue weighted by Crippen LogP contribution is -2.18. The standard InChI is InChI=1S/C24H21BrN2O2S/c1-17-8-11-20(12-9-17)30(28,29)26-15-22(18-6-4-3-5-7-18)23-16-27(2)24-13-10-19(25)14-21(23)24/h3-16,26H,1-2H3/b22-15-. The predicted molar refractivity (Wildman–Crippen MR) is 126 cm³/mol. The summed E-state index contributed by atoms with van der Waals surface area (Å²) in [4.78, 5) is 0.234. The van der Waals surface area contributed by atoms with E-state index in [4.69, 9.17) is 0 Å². The van der Waals surface area contributed by atoms with Gasteiger partial charge in [-0.05, 0) is 42.8 Å². The maximum absolute atomic E-state index is 12.9. The summed E-state index contributed by atoms with van der Waals surface area (Å²) in [5, 5.41) is 1.04. The molecule has 0 aliphatic rings. The average molecular weight is 481 g/mol. The minimum atomic E-state index is -3.69. The molecule has 0 amide bonds. The third-order valence-corrected chi connectivity index (χ3v) is 6.83. The zero-order chi connectivity index (χ0) is 21.3. The van der Waals surface area contributed by atoms with Crippen LogP contribution < -0.4 is 4.72 Å². The van der Waals surface area contributed by atoms with Crippen molar-refractivity contribution in [3.63, 3.8) is 0 Å². The number of nitrogens with one attached hydrogen (secondary N) is 1. The van der Waals surface area contributed by atoms with Crippen molar-refractivity contribution >= 4 is 42.4 Å². The number of rotatable bonds is 5. The fraction of sp³-hybridized carbons (Fsp3) is 0.0833. The van der Waals surface area contributed by atoms with Crippen molar-refractivity contribution in [2.45, 2.75) is 11.8 Å². The van der Waals surface area contributed by atoms with Gasteiger partial charge in [-0.2, -0.15) is 0 Å². The summed E-state index contributed by atoms with van der Waals surface area (Å²) in [6.45, 7) is 1.93. The van der Waals surface area contributed by atoms with Crippen LogP contribution in [0.3, 0.4) is 0 Å². The molecule has 3 aromatic carbocycles. The van der Waals surface area contributed by atoms with E-state index < -0.39 is 10.0 Å². The van der Waals surface area contributed by atoms with Crippen LogP contribution in [0.4, 0.5) is 0 Å². The van der Waals surface area contributed by atoms with Crippen LogP contribution >= 0.6 is 15.9 Å². The highest BCUT2D eigenvalue weighted by Gasteiger charge is 2.16. The first-order chi connectivity index (χ1) is 14.3. The van der Waals surface area contributed by atoms with Crippen molar-refractivity contribution in [2.24, 2.45) is 7.05 Å². The van der Waals surface area contributed by atoms with Crippen LogP contribution in [0, 0.1) is 6.92 Å². The second kappa shape index (κ2) is 8.13. The molecule has 0 bridgehead atoms. The summed E-state index contributed by atoms with van der Waals surface area (Å²) in [5.74, 6) is 0. The Kier molecular flexibility index (Phi) is 5.54. The lowest BCUT2D eigenvalue weighted by molar-refractivity contribution is 0.590. The minimum absolute atomic E-state index is 0.234. The van der Waals surface area contributed by atoms with E-state index in [1.54, 1.807) is 30.5 Å². The fourth-order valence-electron chi connectivity index (χ4n) is 3.44. The molecule has 4 nitrogen and oxygen atoms in total. The molecule has 4 aromatic rings. The summed E-state index contributed by atoms with van der Waals surface area (Å²) < 4.78 is 31.4. The molecule has 152 valence electrons. The number of aryl methyl sites for hydroxylation is 2. The third kappa shape index (κ3) is 4.06. The molecule has 0 saturated heterocycles. The molecule has 0 radical (unpaired) electrons. The van der Waals surface area contributed by atoms with Crippen LogP contribution in [-0.4, -0.2) is 13.0 Å². The van der Waals surface area contributed by atoms with Crippen LogP contribution in [-0.2, 0) is 17.1 Å². The van der Waals surface area contributed by atoms with Gasteiger partial charge in [-0.15, -0.1) is 0 Å². The van der Waals surface area contributed by atoms with Crippen LogP contribution in [0.15, 0.2) is 94.6 Å². The van der Waals surface area contributed by atoms with Crippen LogP contribution in [0.2, 0.25) is 0 Å². The van der Waals surface area contributed by atoms with E-state index in [2.05, 4.69) is 26.7 Å². The first-order valence-electron chi connectivity index (χ1n) is 9.45. The topological polar surface area (TPSA) is 51.1 Å². The van der Waals surface area contributed by atoms with E-state index >= 15 is 0 Å². The van der Waals surface area contributed by atoms with Gasteiger partial charge < -0.3 is 4.57 Å². The molecule has 0 atom stereocenters. The highest BCUT2D eigenvalue weighted by molar-refractivity contribution is 9.10. The van der Waals surface area contributed by atoms with E-state index in [1.165, 1.54) is 0 Å². The van der Waals surface area contributed by atoms with Crippen molar-refractivity contribution in [3.8, 4) is 0 Å². The van der Waals surface area contributed by atoms with Crippen LogP contribution in [0.25, 0.3) is 16.5 Å². The average Bonchev–Trinajstić information content (AvgIpc) is 3.05. The number of fused-ring (bicyclic) bond motifs is 1. The highest BCUT2D eigenvalue weighted by atomic mass is 79.9. The zero-order valence-electron chi connectivity index (χ0n) is 16.6. The molecule has 4 rings (SSSR count). The lowest BCUT2D eigenvalue weighted by atomic mass is 9.98. The molecule has 1 heterocycles. The van der Waals surface area contributed by atoms with E-state index in [0.29, 0.717) is 0 Å². The zero-order valence-corrected chi connectivity index (χ0v) is 19.0. The van der Waals surface area contributed by atoms with E-state index in [1.807, 2.05) is 67.2 Å². The Hall–Kier alpha value is -2.83. The number of aromatic nitrogens is 1. The molecule has 0 saturated carbocycles. The molecule has 0 spiro atoms. The molecule has 0 aliphatic carbocycles. The van der Waals surface area contributed by atoms with Gasteiger partial charge in [0.15, 0.2) is 0 Å². The largest absolute Gasteiger partial charge is 0.350 e. The van der Waals surface area contributed by atoms with Gasteiger partial charge >= 0.3 is 0 Å². The number of hydrogen-bond donors (Lipinski definition) is 1. The van der Waals surface area contributed by atoms with Gasteiger partial charge in [-0.25, -0.2) is 8.42 Å². The van der Waals surface area contributed by atoms with Gasteiger partial charge in [0, 0.05) is 46.0 Å².